The first-order valence-corrected chi connectivity index (χ1v) is 1.10. The largest absolute Gasteiger partial charge is 2.00 e. The van der Waals surface area contributed by atoms with Gasteiger partial charge in [-0.25, -0.2) is 0 Å². The van der Waals surface area contributed by atoms with Gasteiger partial charge in [-0.15, -0.1) is 0 Å². The van der Waals surface area contributed by atoms with Crippen molar-refractivity contribution in [3.8, 4) is 0 Å². The summed E-state index contributed by atoms with van der Waals surface area (Å²) in [7, 11) is 0. The molecule has 0 aromatic carbocycles. The Balaban J connectivity index is -0.0000000300. The van der Waals surface area contributed by atoms with E-state index in [-0.39, 0.29) is 29.2 Å². The minimum Gasteiger partial charge on any atom is -0.356 e. The van der Waals surface area contributed by atoms with E-state index in [4.69, 9.17) is 30.6 Å². The number of nitrogens with zero attached hydrogens (tertiary/aromatic N) is 2. The van der Waals surface area contributed by atoms with Gasteiger partial charge in [0.25, 0.3) is 0 Å². The molecule has 0 heterocycles. The van der Waals surface area contributed by atoms with Crippen LogP contribution in [0.5, 0.6) is 0 Å². The average molecular weight is 165 g/mol. The molecular weight excluding hydrogens is 162 g/mol. The van der Waals surface area contributed by atoms with Crippen LogP contribution in [0.4, 0.5) is 0 Å². The summed E-state index contributed by atoms with van der Waals surface area (Å²) in [5.74, 6) is 0. The van der Waals surface area contributed by atoms with Gasteiger partial charge in [0.2, 0.25) is 0 Å². The maximum absolute atomic E-state index is 8.25. The zero-order valence-electron chi connectivity index (χ0n) is 4.76. The summed E-state index contributed by atoms with van der Waals surface area (Å²) in [4.78, 5) is 16.5. The number of hydrogen-bond donors (Lipinski definition) is 1. The second-order valence-corrected chi connectivity index (χ2v) is 0.447. The van der Waals surface area contributed by atoms with E-state index >= 15 is 0 Å². The molecule has 0 atom stereocenters. The van der Waals surface area contributed by atoms with E-state index < -0.39 is 10.2 Å². The summed E-state index contributed by atoms with van der Waals surface area (Å²) in [5.41, 5.74) is 0. The molecule has 0 radical (unpaired) electrons. The molecule has 9 nitrogen and oxygen atoms in total. The Morgan fingerprint density at radius 3 is 0.800 bits per heavy atom. The van der Waals surface area contributed by atoms with Gasteiger partial charge in [-0.2, -0.15) is 0 Å². The van der Waals surface area contributed by atoms with Crippen molar-refractivity contribution >= 4 is 23.1 Å². The Morgan fingerprint density at radius 2 is 0.800 bits per heavy atom. The first kappa shape index (κ1) is 22.9. The van der Waals surface area contributed by atoms with Crippen molar-refractivity contribution in [2.24, 2.45) is 0 Å². The van der Waals surface area contributed by atoms with Crippen LogP contribution >= 0.6 is 0 Å². The van der Waals surface area contributed by atoms with Crippen LogP contribution in [-0.2, 0) is 0 Å². The quantitative estimate of drug-likeness (QED) is 0.281. The first-order valence-electron chi connectivity index (χ1n) is 1.10. The Labute approximate surface area is 70.6 Å². The van der Waals surface area contributed by atoms with Gasteiger partial charge in [-0.3, -0.25) is 0 Å². The monoisotopic (exact) mass is 165 g/mol. The number of rotatable bonds is 0. The predicted molar refractivity (Wildman–Crippen MR) is 31.5 cm³/mol. The molecular formula is H3MgN3O6. The molecule has 0 unspecified atom stereocenters. The van der Waals surface area contributed by atoms with Crippen molar-refractivity contribution in [2.75, 3.05) is 0 Å². The van der Waals surface area contributed by atoms with Gasteiger partial charge in [-0.1, -0.05) is 0 Å². The summed E-state index contributed by atoms with van der Waals surface area (Å²) in [6.45, 7) is 0. The Kier molecular flexibility index (Phi) is 36.0. The maximum Gasteiger partial charge on any atom is 2.00 e. The summed E-state index contributed by atoms with van der Waals surface area (Å²) in [5, 5.41) is 29.5. The number of hydrogen-bond acceptors (Lipinski definition) is 7. The van der Waals surface area contributed by atoms with Crippen molar-refractivity contribution < 1.29 is 10.2 Å². The van der Waals surface area contributed by atoms with E-state index in [1.165, 1.54) is 0 Å². The minimum atomic E-state index is -1.75. The Morgan fingerprint density at radius 1 is 0.800 bits per heavy atom. The second-order valence-electron chi connectivity index (χ2n) is 0.447. The molecule has 0 aromatic heterocycles. The van der Waals surface area contributed by atoms with Gasteiger partial charge in [0.05, 0.1) is 10.2 Å². The van der Waals surface area contributed by atoms with Gasteiger partial charge in [-0.05, 0) is 0 Å². The molecule has 0 amide bonds. The zero-order chi connectivity index (χ0) is 7.15. The zero-order valence-corrected chi connectivity index (χ0v) is 6.17. The van der Waals surface area contributed by atoms with E-state index in [9.17, 15) is 0 Å². The van der Waals surface area contributed by atoms with Crippen molar-refractivity contribution in [1.29, 1.82) is 0 Å². The van der Waals surface area contributed by atoms with Crippen molar-refractivity contribution in [1.82, 2.24) is 6.15 Å². The van der Waals surface area contributed by atoms with E-state index in [0.29, 0.717) is 0 Å². The molecule has 0 bridgehead atoms. The van der Waals surface area contributed by atoms with Crippen LogP contribution < -0.4 is 6.15 Å². The second kappa shape index (κ2) is 15.7. The molecule has 0 spiro atoms. The van der Waals surface area contributed by atoms with Crippen molar-refractivity contribution in [3.63, 3.8) is 0 Å². The van der Waals surface area contributed by atoms with Crippen LogP contribution in [0.1, 0.15) is 0 Å². The van der Waals surface area contributed by atoms with Gasteiger partial charge >= 0.3 is 23.1 Å². The van der Waals surface area contributed by atoms with Gasteiger partial charge < -0.3 is 36.8 Å². The third kappa shape index (κ3) is 350. The van der Waals surface area contributed by atoms with Crippen molar-refractivity contribution in [3.05, 3.63) is 30.6 Å². The summed E-state index contributed by atoms with van der Waals surface area (Å²) < 4.78 is 0. The van der Waals surface area contributed by atoms with Crippen LogP contribution in [0.2, 0.25) is 0 Å². The molecule has 0 aliphatic heterocycles. The van der Waals surface area contributed by atoms with Crippen LogP contribution in [0.15, 0.2) is 0 Å². The van der Waals surface area contributed by atoms with Gasteiger partial charge in [0, 0.05) is 0 Å². The Hall–Kier alpha value is -0.874. The van der Waals surface area contributed by atoms with E-state index in [1.54, 1.807) is 0 Å². The topological polar surface area (TPSA) is 167 Å². The fourth-order valence-corrected chi connectivity index (χ4v) is 0. The molecule has 0 fully saturated rings. The predicted octanol–water partition coefficient (Wildman–Crippen LogP) is -0.697. The SMILES string of the molecule is N.O=[N+]([O-])[O-].O=[N+]([O-])[O-].[Mg+2]. The summed E-state index contributed by atoms with van der Waals surface area (Å²) >= 11 is 0. The maximum atomic E-state index is 8.25. The summed E-state index contributed by atoms with van der Waals surface area (Å²) in [6, 6.07) is 0. The molecule has 0 aliphatic rings. The molecule has 0 saturated carbocycles. The minimum absolute atomic E-state index is 0. The normalized spacial score (nSPS) is 4.80. The molecule has 0 aromatic rings. The molecule has 0 saturated heterocycles. The average Bonchev–Trinajstić information content (AvgIpc) is 1.25. The van der Waals surface area contributed by atoms with Crippen LogP contribution in [0.25, 0.3) is 0 Å². The van der Waals surface area contributed by atoms with E-state index in [0.717, 1.165) is 0 Å². The summed E-state index contributed by atoms with van der Waals surface area (Å²) in [6.07, 6.45) is 0. The molecule has 10 heteroatoms. The third-order valence-corrected chi connectivity index (χ3v) is 0. The Bertz CT molecular complexity index is 71.0. The fraction of sp³-hybridized carbons (Fsp3) is 0. The van der Waals surface area contributed by atoms with Crippen LogP contribution in [0, 0.1) is 30.6 Å². The van der Waals surface area contributed by atoms with E-state index in [1.807, 2.05) is 0 Å². The van der Waals surface area contributed by atoms with Crippen LogP contribution in [-0.4, -0.2) is 33.2 Å². The third-order valence-electron chi connectivity index (χ3n) is 0. The molecule has 3 N–H and O–H groups in total. The van der Waals surface area contributed by atoms with E-state index in [2.05, 4.69) is 0 Å². The smallest absolute Gasteiger partial charge is 0.356 e. The first-order chi connectivity index (χ1) is 3.46. The van der Waals surface area contributed by atoms with Crippen LogP contribution in [0.3, 0.4) is 0 Å². The van der Waals surface area contributed by atoms with Crippen molar-refractivity contribution in [2.45, 2.75) is 0 Å². The van der Waals surface area contributed by atoms with Gasteiger partial charge in [0.1, 0.15) is 0 Å². The molecule has 10 heavy (non-hydrogen) atoms. The fourth-order valence-electron chi connectivity index (χ4n) is 0. The standard InChI is InChI=1S/Mg.2NO3.H3N/c;2*2-1(3)4;/h;;;1H3/q+2;2*-1;. The molecule has 0 aliphatic carbocycles. The molecule has 0 rings (SSSR count). The molecule has 56 valence electrons. The van der Waals surface area contributed by atoms with Gasteiger partial charge in [0.15, 0.2) is 0 Å².